The number of nitrogens with zero attached hydrogens (tertiary/aromatic N) is 2. The molecule has 1 aromatic carbocycles. The van der Waals surface area contributed by atoms with Crippen LogP contribution in [0, 0.1) is 6.92 Å². The number of nitrogens with one attached hydrogen (secondary N) is 1. The molecule has 6 heteroatoms. The molecule has 0 spiro atoms. The van der Waals surface area contributed by atoms with Crippen LogP contribution >= 0.6 is 11.6 Å². The van der Waals surface area contributed by atoms with E-state index in [1.165, 1.54) is 5.56 Å². The molecule has 0 amide bonds. The van der Waals surface area contributed by atoms with Gasteiger partial charge in [-0.2, -0.15) is 5.10 Å². The highest BCUT2D eigenvalue weighted by molar-refractivity contribution is 6.32. The van der Waals surface area contributed by atoms with Gasteiger partial charge in [0.15, 0.2) is 11.5 Å². The summed E-state index contributed by atoms with van der Waals surface area (Å²) in [4.78, 5) is 0. The SMILES string of the molecule is Cc1cnn(CCNCc2cc(Cl)c3c(c2)OCCO3)c1. The molecule has 0 aliphatic carbocycles. The Morgan fingerprint density at radius 2 is 2.19 bits per heavy atom. The molecule has 0 atom stereocenters. The topological polar surface area (TPSA) is 48.3 Å². The molecule has 1 aliphatic rings. The van der Waals surface area contributed by atoms with Gasteiger partial charge in [0.2, 0.25) is 0 Å². The van der Waals surface area contributed by atoms with Crippen molar-refractivity contribution in [3.63, 3.8) is 0 Å². The van der Waals surface area contributed by atoms with Crippen molar-refractivity contribution in [1.82, 2.24) is 15.1 Å². The molecular formula is C15H18ClN3O2. The second kappa shape index (κ2) is 6.37. The van der Waals surface area contributed by atoms with Crippen LogP contribution in [0.5, 0.6) is 11.5 Å². The third-order valence-electron chi connectivity index (χ3n) is 3.27. The van der Waals surface area contributed by atoms with Crippen LogP contribution in [0.15, 0.2) is 24.5 Å². The lowest BCUT2D eigenvalue weighted by Crippen LogP contribution is -2.20. The minimum atomic E-state index is 0.549. The van der Waals surface area contributed by atoms with E-state index in [2.05, 4.69) is 10.4 Å². The number of halogens is 1. The lowest BCUT2D eigenvalue weighted by atomic mass is 10.2. The first kappa shape index (κ1) is 14.2. The van der Waals surface area contributed by atoms with Gasteiger partial charge in [0.25, 0.3) is 0 Å². The molecular weight excluding hydrogens is 290 g/mol. The van der Waals surface area contributed by atoms with Gasteiger partial charge in [-0.25, -0.2) is 0 Å². The molecule has 0 unspecified atom stereocenters. The first-order valence-electron chi connectivity index (χ1n) is 7.00. The molecule has 2 heterocycles. The highest BCUT2D eigenvalue weighted by Crippen LogP contribution is 2.38. The second-order valence-corrected chi connectivity index (χ2v) is 5.47. The smallest absolute Gasteiger partial charge is 0.179 e. The van der Waals surface area contributed by atoms with Crippen molar-refractivity contribution in [2.45, 2.75) is 20.0 Å². The molecule has 0 saturated heterocycles. The predicted molar refractivity (Wildman–Crippen MR) is 81.1 cm³/mol. The number of aromatic nitrogens is 2. The summed E-state index contributed by atoms with van der Waals surface area (Å²) >= 11 is 6.21. The number of benzene rings is 1. The van der Waals surface area contributed by atoms with Gasteiger partial charge in [-0.15, -0.1) is 0 Å². The van der Waals surface area contributed by atoms with E-state index in [0.29, 0.717) is 24.0 Å². The quantitative estimate of drug-likeness (QED) is 0.862. The van der Waals surface area contributed by atoms with E-state index >= 15 is 0 Å². The molecule has 2 aromatic rings. The summed E-state index contributed by atoms with van der Waals surface area (Å²) < 4.78 is 13.0. The van der Waals surface area contributed by atoms with Crippen molar-refractivity contribution in [2.75, 3.05) is 19.8 Å². The summed E-state index contributed by atoms with van der Waals surface area (Å²) in [6.45, 7) is 5.57. The van der Waals surface area contributed by atoms with Crippen molar-refractivity contribution in [3.8, 4) is 11.5 Å². The van der Waals surface area contributed by atoms with Crippen LogP contribution in [0.3, 0.4) is 0 Å². The summed E-state index contributed by atoms with van der Waals surface area (Å²) in [6, 6.07) is 3.89. The standard InChI is InChI=1S/C15H18ClN3O2/c1-11-8-18-19(10-11)3-2-17-9-12-6-13(16)15-14(7-12)20-4-5-21-15/h6-8,10,17H,2-5,9H2,1H3. The zero-order chi connectivity index (χ0) is 14.7. The Bertz CT molecular complexity index is 627. The minimum absolute atomic E-state index is 0.549. The van der Waals surface area contributed by atoms with Crippen LogP contribution in [-0.4, -0.2) is 29.5 Å². The maximum atomic E-state index is 6.21. The van der Waals surface area contributed by atoms with E-state index in [-0.39, 0.29) is 0 Å². The van der Waals surface area contributed by atoms with E-state index in [9.17, 15) is 0 Å². The van der Waals surface area contributed by atoms with Gasteiger partial charge in [0.1, 0.15) is 13.2 Å². The van der Waals surface area contributed by atoms with Gasteiger partial charge in [0.05, 0.1) is 17.8 Å². The minimum Gasteiger partial charge on any atom is -0.486 e. The zero-order valence-corrected chi connectivity index (χ0v) is 12.7. The summed E-state index contributed by atoms with van der Waals surface area (Å²) in [5.74, 6) is 1.38. The van der Waals surface area contributed by atoms with Gasteiger partial charge < -0.3 is 14.8 Å². The molecule has 112 valence electrons. The lowest BCUT2D eigenvalue weighted by molar-refractivity contribution is 0.171. The Morgan fingerprint density at radius 3 is 3.00 bits per heavy atom. The first-order chi connectivity index (χ1) is 10.2. The Hall–Kier alpha value is -1.72. The third-order valence-corrected chi connectivity index (χ3v) is 3.55. The number of hydrogen-bond acceptors (Lipinski definition) is 4. The highest BCUT2D eigenvalue weighted by atomic mass is 35.5. The number of hydrogen-bond donors (Lipinski definition) is 1. The van der Waals surface area contributed by atoms with Crippen molar-refractivity contribution in [3.05, 3.63) is 40.7 Å². The lowest BCUT2D eigenvalue weighted by Gasteiger charge is -2.20. The van der Waals surface area contributed by atoms with Gasteiger partial charge in [0, 0.05) is 19.3 Å². The second-order valence-electron chi connectivity index (χ2n) is 5.06. The van der Waals surface area contributed by atoms with Crippen LogP contribution in [0.2, 0.25) is 5.02 Å². The van der Waals surface area contributed by atoms with Crippen molar-refractivity contribution >= 4 is 11.6 Å². The van der Waals surface area contributed by atoms with E-state index in [4.69, 9.17) is 21.1 Å². The van der Waals surface area contributed by atoms with Gasteiger partial charge in [-0.1, -0.05) is 11.6 Å². The van der Waals surface area contributed by atoms with E-state index < -0.39 is 0 Å². The van der Waals surface area contributed by atoms with E-state index in [1.54, 1.807) is 0 Å². The van der Waals surface area contributed by atoms with E-state index in [1.807, 2.05) is 36.1 Å². The Morgan fingerprint density at radius 1 is 1.33 bits per heavy atom. The molecule has 3 rings (SSSR count). The van der Waals surface area contributed by atoms with Crippen molar-refractivity contribution in [1.29, 1.82) is 0 Å². The molecule has 0 fully saturated rings. The normalized spacial score (nSPS) is 13.4. The third kappa shape index (κ3) is 3.49. The molecule has 21 heavy (non-hydrogen) atoms. The van der Waals surface area contributed by atoms with Gasteiger partial charge in [-0.05, 0) is 30.2 Å². The number of aryl methyl sites for hydroxylation is 1. The van der Waals surface area contributed by atoms with Crippen LogP contribution < -0.4 is 14.8 Å². The fourth-order valence-electron chi connectivity index (χ4n) is 2.28. The summed E-state index contributed by atoms with van der Waals surface area (Å²) in [7, 11) is 0. The molecule has 0 saturated carbocycles. The predicted octanol–water partition coefficient (Wildman–Crippen LogP) is 2.41. The average Bonchev–Trinajstić information content (AvgIpc) is 2.89. The van der Waals surface area contributed by atoms with Gasteiger partial charge in [-0.3, -0.25) is 4.68 Å². The van der Waals surface area contributed by atoms with Crippen molar-refractivity contribution < 1.29 is 9.47 Å². The first-order valence-corrected chi connectivity index (χ1v) is 7.38. The zero-order valence-electron chi connectivity index (χ0n) is 11.9. The summed E-state index contributed by atoms with van der Waals surface area (Å²) in [5, 5.41) is 8.23. The fraction of sp³-hybridized carbons (Fsp3) is 0.400. The molecule has 5 nitrogen and oxygen atoms in total. The number of fused-ring (bicyclic) bond motifs is 1. The largest absolute Gasteiger partial charge is 0.486 e. The summed E-state index contributed by atoms with van der Waals surface area (Å²) in [6.07, 6.45) is 3.89. The average molecular weight is 308 g/mol. The van der Waals surface area contributed by atoms with Gasteiger partial charge >= 0.3 is 0 Å². The highest BCUT2D eigenvalue weighted by Gasteiger charge is 2.16. The van der Waals surface area contributed by atoms with Crippen LogP contribution in [0.1, 0.15) is 11.1 Å². The number of rotatable bonds is 5. The molecule has 1 aromatic heterocycles. The molecule has 0 bridgehead atoms. The molecule has 0 radical (unpaired) electrons. The summed E-state index contributed by atoms with van der Waals surface area (Å²) in [5.41, 5.74) is 2.26. The van der Waals surface area contributed by atoms with Crippen LogP contribution in [0.4, 0.5) is 0 Å². The Kier molecular flexibility index (Phi) is 4.31. The Labute approximate surface area is 128 Å². The van der Waals surface area contributed by atoms with Crippen LogP contribution in [-0.2, 0) is 13.1 Å². The Balaban J connectivity index is 1.54. The maximum Gasteiger partial charge on any atom is 0.179 e. The molecule has 1 aliphatic heterocycles. The van der Waals surface area contributed by atoms with Crippen LogP contribution in [0.25, 0.3) is 0 Å². The monoisotopic (exact) mass is 307 g/mol. The fourth-order valence-corrected chi connectivity index (χ4v) is 2.57. The number of ether oxygens (including phenoxy) is 2. The maximum absolute atomic E-state index is 6.21. The van der Waals surface area contributed by atoms with Crippen molar-refractivity contribution in [2.24, 2.45) is 0 Å². The van der Waals surface area contributed by atoms with E-state index in [0.717, 1.165) is 30.9 Å². The molecule has 1 N–H and O–H groups in total.